The predicted octanol–water partition coefficient (Wildman–Crippen LogP) is 2.99. The summed E-state index contributed by atoms with van der Waals surface area (Å²) in [5, 5.41) is 9.02. The Morgan fingerprint density at radius 2 is 2.07 bits per heavy atom. The van der Waals surface area contributed by atoms with Crippen LogP contribution in [0.1, 0.15) is 24.0 Å². The molecule has 2 unspecified atom stereocenters. The van der Waals surface area contributed by atoms with Crippen molar-refractivity contribution in [3.63, 3.8) is 0 Å². The van der Waals surface area contributed by atoms with E-state index in [1.54, 1.807) is 0 Å². The monoisotopic (exact) mass is 204 g/mol. The molecule has 0 spiro atoms. The number of carboxylic acids is 1. The molecule has 0 saturated heterocycles. The second-order valence-electron chi connectivity index (χ2n) is 3.74. The van der Waals surface area contributed by atoms with E-state index >= 15 is 0 Å². The van der Waals surface area contributed by atoms with E-state index in [-0.39, 0.29) is 5.92 Å². The predicted molar refractivity (Wildman–Crippen MR) is 60.9 cm³/mol. The van der Waals surface area contributed by atoms with Crippen LogP contribution >= 0.6 is 0 Å². The highest BCUT2D eigenvalue weighted by molar-refractivity contribution is 5.73. The number of hydrogen-bond acceptors (Lipinski definition) is 1. The summed E-state index contributed by atoms with van der Waals surface area (Å²) in [4.78, 5) is 11.0. The first-order valence-electron chi connectivity index (χ1n) is 4.98. The second kappa shape index (κ2) is 4.78. The lowest BCUT2D eigenvalue weighted by Crippen LogP contribution is -2.18. The number of hydrogen-bond donors (Lipinski definition) is 1. The molecular weight excluding hydrogens is 188 g/mol. The SMILES string of the molecule is C=CC(C(=O)O)C(C)c1ccccc1C. The third-order valence-electron chi connectivity index (χ3n) is 2.76. The Morgan fingerprint density at radius 3 is 2.53 bits per heavy atom. The Morgan fingerprint density at radius 1 is 1.47 bits per heavy atom. The Labute approximate surface area is 90.3 Å². The molecule has 0 radical (unpaired) electrons. The molecule has 1 aromatic rings. The minimum Gasteiger partial charge on any atom is -0.481 e. The molecule has 0 bridgehead atoms. The average molecular weight is 204 g/mol. The van der Waals surface area contributed by atoms with Gasteiger partial charge in [0.1, 0.15) is 0 Å². The van der Waals surface area contributed by atoms with Crippen LogP contribution in [0.3, 0.4) is 0 Å². The van der Waals surface area contributed by atoms with Crippen LogP contribution in [0.4, 0.5) is 0 Å². The molecule has 0 amide bonds. The Hall–Kier alpha value is -1.57. The Balaban J connectivity index is 3.02. The van der Waals surface area contributed by atoms with Crippen molar-refractivity contribution in [1.29, 1.82) is 0 Å². The van der Waals surface area contributed by atoms with Crippen LogP contribution < -0.4 is 0 Å². The molecule has 15 heavy (non-hydrogen) atoms. The molecule has 2 nitrogen and oxygen atoms in total. The standard InChI is InChI=1S/C13H16O2/c1-4-11(13(14)15)10(3)12-8-6-5-7-9(12)2/h4-8,10-11H,1H2,2-3H3,(H,14,15). The number of aliphatic carboxylic acids is 1. The molecule has 0 aliphatic rings. The molecule has 2 heteroatoms. The lowest BCUT2D eigenvalue weighted by Gasteiger charge is -2.19. The van der Waals surface area contributed by atoms with Crippen LogP contribution in [-0.4, -0.2) is 11.1 Å². The van der Waals surface area contributed by atoms with Crippen molar-refractivity contribution >= 4 is 5.97 Å². The smallest absolute Gasteiger partial charge is 0.310 e. The van der Waals surface area contributed by atoms with Crippen molar-refractivity contribution < 1.29 is 9.90 Å². The van der Waals surface area contributed by atoms with Crippen molar-refractivity contribution in [1.82, 2.24) is 0 Å². The molecule has 0 heterocycles. The van der Waals surface area contributed by atoms with Gasteiger partial charge in [-0.3, -0.25) is 4.79 Å². The van der Waals surface area contributed by atoms with Crippen LogP contribution in [-0.2, 0) is 4.79 Å². The van der Waals surface area contributed by atoms with Gasteiger partial charge in [0.2, 0.25) is 0 Å². The van der Waals surface area contributed by atoms with E-state index in [4.69, 9.17) is 5.11 Å². The maximum atomic E-state index is 11.0. The first-order valence-corrected chi connectivity index (χ1v) is 4.98. The summed E-state index contributed by atoms with van der Waals surface area (Å²) in [6.45, 7) is 7.49. The van der Waals surface area contributed by atoms with Crippen molar-refractivity contribution in [2.75, 3.05) is 0 Å². The van der Waals surface area contributed by atoms with Crippen LogP contribution in [0.5, 0.6) is 0 Å². The fourth-order valence-corrected chi connectivity index (χ4v) is 1.81. The molecule has 1 aromatic carbocycles. The molecule has 80 valence electrons. The molecule has 0 aliphatic heterocycles. The zero-order valence-electron chi connectivity index (χ0n) is 9.10. The third kappa shape index (κ3) is 2.46. The van der Waals surface area contributed by atoms with E-state index in [2.05, 4.69) is 6.58 Å². The van der Waals surface area contributed by atoms with Gasteiger partial charge in [-0.2, -0.15) is 0 Å². The fourth-order valence-electron chi connectivity index (χ4n) is 1.81. The zero-order valence-corrected chi connectivity index (χ0v) is 9.10. The zero-order chi connectivity index (χ0) is 11.4. The van der Waals surface area contributed by atoms with Crippen LogP contribution in [0.25, 0.3) is 0 Å². The summed E-state index contributed by atoms with van der Waals surface area (Å²) in [7, 11) is 0. The second-order valence-corrected chi connectivity index (χ2v) is 3.74. The van der Waals surface area contributed by atoms with Gasteiger partial charge in [0.05, 0.1) is 5.92 Å². The third-order valence-corrected chi connectivity index (χ3v) is 2.76. The summed E-state index contributed by atoms with van der Waals surface area (Å²) in [5.74, 6) is -1.38. The molecule has 1 rings (SSSR count). The van der Waals surface area contributed by atoms with Gasteiger partial charge in [-0.25, -0.2) is 0 Å². The highest BCUT2D eigenvalue weighted by atomic mass is 16.4. The molecule has 0 saturated carbocycles. The van der Waals surface area contributed by atoms with Gasteiger partial charge in [-0.05, 0) is 24.0 Å². The van der Waals surface area contributed by atoms with E-state index in [0.717, 1.165) is 11.1 Å². The summed E-state index contributed by atoms with van der Waals surface area (Å²) >= 11 is 0. The van der Waals surface area contributed by atoms with Crippen LogP contribution in [0.15, 0.2) is 36.9 Å². The fraction of sp³-hybridized carbons (Fsp3) is 0.308. The van der Waals surface area contributed by atoms with E-state index in [9.17, 15) is 4.79 Å². The summed E-state index contributed by atoms with van der Waals surface area (Å²) in [6, 6.07) is 7.85. The number of carbonyl (C=O) groups is 1. The van der Waals surface area contributed by atoms with Crippen molar-refractivity contribution in [3.05, 3.63) is 48.0 Å². The molecule has 0 aliphatic carbocycles. The normalized spacial score (nSPS) is 14.3. The summed E-state index contributed by atoms with van der Waals surface area (Å²) in [5.41, 5.74) is 2.20. The van der Waals surface area contributed by atoms with E-state index in [1.165, 1.54) is 6.08 Å². The number of benzene rings is 1. The molecule has 1 N–H and O–H groups in total. The lowest BCUT2D eigenvalue weighted by atomic mass is 9.85. The van der Waals surface area contributed by atoms with Crippen molar-refractivity contribution in [2.45, 2.75) is 19.8 Å². The Kier molecular flexibility index (Phi) is 3.67. The average Bonchev–Trinajstić information content (AvgIpc) is 2.18. The maximum absolute atomic E-state index is 11.0. The minimum atomic E-state index is -0.819. The highest BCUT2D eigenvalue weighted by Gasteiger charge is 2.23. The molecule has 0 fully saturated rings. The highest BCUT2D eigenvalue weighted by Crippen LogP contribution is 2.27. The van der Waals surface area contributed by atoms with Gasteiger partial charge in [0.25, 0.3) is 0 Å². The van der Waals surface area contributed by atoms with Gasteiger partial charge in [-0.1, -0.05) is 37.3 Å². The lowest BCUT2D eigenvalue weighted by molar-refractivity contribution is -0.140. The minimum absolute atomic E-state index is 0.0406. The van der Waals surface area contributed by atoms with Gasteiger partial charge in [0, 0.05) is 0 Å². The first-order chi connectivity index (χ1) is 7.07. The van der Waals surface area contributed by atoms with Crippen molar-refractivity contribution in [3.8, 4) is 0 Å². The quantitative estimate of drug-likeness (QED) is 0.765. The van der Waals surface area contributed by atoms with Gasteiger partial charge < -0.3 is 5.11 Å². The molecule has 2 atom stereocenters. The van der Waals surface area contributed by atoms with Gasteiger partial charge in [0.15, 0.2) is 0 Å². The molecular formula is C13H16O2. The first kappa shape index (κ1) is 11.5. The van der Waals surface area contributed by atoms with Gasteiger partial charge >= 0.3 is 5.97 Å². The number of rotatable bonds is 4. The number of carboxylic acid groups (broad SMARTS) is 1. The summed E-state index contributed by atoms with van der Waals surface area (Å²) in [6.07, 6.45) is 1.50. The van der Waals surface area contributed by atoms with E-state index in [0.29, 0.717) is 0 Å². The number of aryl methyl sites for hydroxylation is 1. The maximum Gasteiger partial charge on any atom is 0.310 e. The van der Waals surface area contributed by atoms with E-state index < -0.39 is 11.9 Å². The summed E-state index contributed by atoms with van der Waals surface area (Å²) < 4.78 is 0. The largest absolute Gasteiger partial charge is 0.481 e. The van der Waals surface area contributed by atoms with E-state index in [1.807, 2.05) is 38.1 Å². The molecule has 0 aromatic heterocycles. The van der Waals surface area contributed by atoms with Gasteiger partial charge in [-0.15, -0.1) is 6.58 Å². The topological polar surface area (TPSA) is 37.3 Å². The van der Waals surface area contributed by atoms with Crippen molar-refractivity contribution in [2.24, 2.45) is 5.92 Å². The Bertz CT molecular complexity index is 369. The van der Waals surface area contributed by atoms with Crippen LogP contribution in [0, 0.1) is 12.8 Å². The van der Waals surface area contributed by atoms with Crippen LogP contribution in [0.2, 0.25) is 0 Å².